The number of nitrogens with zero attached hydrogens (tertiary/aromatic N) is 1. The van der Waals surface area contributed by atoms with Gasteiger partial charge in [0.2, 0.25) is 5.91 Å². The maximum absolute atomic E-state index is 11.8. The van der Waals surface area contributed by atoms with Crippen LogP contribution < -0.4 is 9.47 Å². The predicted molar refractivity (Wildman–Crippen MR) is 95.0 cm³/mol. The fourth-order valence-electron chi connectivity index (χ4n) is 2.55. The van der Waals surface area contributed by atoms with Crippen LogP contribution in [0.5, 0.6) is 11.5 Å². The molecule has 136 valence electrons. The molecule has 0 aromatic heterocycles. The minimum atomic E-state index is -0.475. The number of likely N-dealkylation sites (tertiary alicyclic amines) is 1. The molecule has 1 amide bonds. The van der Waals surface area contributed by atoms with Gasteiger partial charge >= 0.3 is 5.97 Å². The zero-order chi connectivity index (χ0) is 18.2. The summed E-state index contributed by atoms with van der Waals surface area (Å²) in [6.07, 6.45) is 4.36. The summed E-state index contributed by atoms with van der Waals surface area (Å²) in [5.41, 5.74) is 0.695. The molecular formula is C18H22ClNO5. The van der Waals surface area contributed by atoms with Gasteiger partial charge in [-0.1, -0.05) is 11.6 Å². The lowest BCUT2D eigenvalue weighted by atomic mass is 10.2. The van der Waals surface area contributed by atoms with E-state index in [0.717, 1.165) is 13.0 Å². The lowest BCUT2D eigenvalue weighted by Crippen LogP contribution is -2.29. The second-order valence-corrected chi connectivity index (χ2v) is 5.86. The number of carbonyl (C=O) groups excluding carboxylic acids is 2. The highest BCUT2D eigenvalue weighted by Gasteiger charge is 2.19. The van der Waals surface area contributed by atoms with Crippen LogP contribution >= 0.6 is 11.6 Å². The van der Waals surface area contributed by atoms with Crippen molar-refractivity contribution in [1.29, 1.82) is 0 Å². The van der Waals surface area contributed by atoms with Crippen LogP contribution in [0, 0.1) is 0 Å². The molecule has 25 heavy (non-hydrogen) atoms. The van der Waals surface area contributed by atoms with Crippen LogP contribution in [0.1, 0.15) is 25.3 Å². The summed E-state index contributed by atoms with van der Waals surface area (Å²) in [7, 11) is 1.52. The van der Waals surface area contributed by atoms with E-state index in [1.165, 1.54) is 13.2 Å². The van der Waals surface area contributed by atoms with Gasteiger partial charge in [0.15, 0.2) is 11.5 Å². The van der Waals surface area contributed by atoms with E-state index in [-0.39, 0.29) is 12.5 Å². The molecule has 6 nitrogen and oxygen atoms in total. The van der Waals surface area contributed by atoms with Crippen molar-refractivity contribution in [2.45, 2.75) is 19.8 Å². The zero-order valence-corrected chi connectivity index (χ0v) is 15.2. The molecule has 0 saturated carbocycles. The van der Waals surface area contributed by atoms with Gasteiger partial charge in [-0.15, -0.1) is 0 Å². The average molecular weight is 368 g/mol. The summed E-state index contributed by atoms with van der Waals surface area (Å²) in [5.74, 6) is 0.607. The SMILES string of the molecule is CCOc1cc(/C=C/C(=O)OCCN2CCCC2=O)cc(Cl)c1OC. The number of benzene rings is 1. The molecule has 1 saturated heterocycles. The number of amides is 1. The van der Waals surface area contributed by atoms with Crippen molar-refractivity contribution < 1.29 is 23.8 Å². The highest BCUT2D eigenvalue weighted by atomic mass is 35.5. The Morgan fingerprint density at radius 1 is 1.40 bits per heavy atom. The molecule has 1 aromatic rings. The van der Waals surface area contributed by atoms with Gasteiger partial charge in [-0.2, -0.15) is 0 Å². The number of carbonyl (C=O) groups is 2. The highest BCUT2D eigenvalue weighted by Crippen LogP contribution is 2.36. The fraction of sp³-hybridized carbons (Fsp3) is 0.444. The molecule has 0 radical (unpaired) electrons. The van der Waals surface area contributed by atoms with E-state index in [9.17, 15) is 9.59 Å². The number of hydrogen-bond donors (Lipinski definition) is 0. The Hall–Kier alpha value is -2.21. The van der Waals surface area contributed by atoms with Crippen LogP contribution in [-0.4, -0.2) is 50.2 Å². The van der Waals surface area contributed by atoms with Crippen LogP contribution in [0.4, 0.5) is 0 Å². The van der Waals surface area contributed by atoms with Gasteiger partial charge < -0.3 is 19.1 Å². The van der Waals surface area contributed by atoms with E-state index >= 15 is 0 Å². The molecule has 1 aliphatic heterocycles. The Kier molecular flexibility index (Phi) is 7.13. The van der Waals surface area contributed by atoms with Gasteiger partial charge in [-0.05, 0) is 37.1 Å². The Bertz CT molecular complexity index is 659. The third kappa shape index (κ3) is 5.39. The number of methoxy groups -OCH3 is 1. The number of halogens is 1. The normalized spacial score (nSPS) is 14.2. The molecule has 0 bridgehead atoms. The third-order valence-electron chi connectivity index (χ3n) is 3.72. The second-order valence-electron chi connectivity index (χ2n) is 5.45. The highest BCUT2D eigenvalue weighted by molar-refractivity contribution is 6.32. The number of rotatable bonds is 8. The first-order valence-corrected chi connectivity index (χ1v) is 8.56. The molecule has 1 heterocycles. The fourth-order valence-corrected chi connectivity index (χ4v) is 2.85. The Balaban J connectivity index is 1.91. The number of esters is 1. The first kappa shape index (κ1) is 19.1. The van der Waals surface area contributed by atoms with E-state index in [1.54, 1.807) is 23.1 Å². The topological polar surface area (TPSA) is 65.1 Å². The zero-order valence-electron chi connectivity index (χ0n) is 14.4. The van der Waals surface area contributed by atoms with E-state index in [4.69, 9.17) is 25.8 Å². The third-order valence-corrected chi connectivity index (χ3v) is 4.01. The summed E-state index contributed by atoms with van der Waals surface area (Å²) < 4.78 is 15.8. The van der Waals surface area contributed by atoms with E-state index in [1.807, 2.05) is 6.92 Å². The smallest absolute Gasteiger partial charge is 0.330 e. The van der Waals surface area contributed by atoms with Crippen LogP contribution in [0.2, 0.25) is 5.02 Å². The maximum atomic E-state index is 11.8. The molecule has 0 unspecified atom stereocenters. The van der Waals surface area contributed by atoms with Crippen LogP contribution in [-0.2, 0) is 14.3 Å². The molecule has 0 aliphatic carbocycles. The predicted octanol–water partition coefficient (Wildman–Crippen LogP) is 2.93. The van der Waals surface area contributed by atoms with Gasteiger partial charge in [-0.25, -0.2) is 4.79 Å². The Morgan fingerprint density at radius 3 is 2.84 bits per heavy atom. The Morgan fingerprint density at radius 2 is 2.20 bits per heavy atom. The van der Waals surface area contributed by atoms with Crippen molar-refractivity contribution in [3.63, 3.8) is 0 Å². The van der Waals surface area contributed by atoms with Crippen molar-refractivity contribution in [2.24, 2.45) is 0 Å². The van der Waals surface area contributed by atoms with Crippen LogP contribution in [0.25, 0.3) is 6.08 Å². The minimum absolute atomic E-state index is 0.114. The molecule has 1 aliphatic rings. The molecule has 2 rings (SSSR count). The lowest BCUT2D eigenvalue weighted by molar-refractivity contribution is -0.139. The molecule has 0 atom stereocenters. The van der Waals surface area contributed by atoms with Crippen LogP contribution in [0.3, 0.4) is 0 Å². The van der Waals surface area contributed by atoms with Gasteiger partial charge in [0.25, 0.3) is 0 Å². The quantitative estimate of drug-likeness (QED) is 0.522. The minimum Gasteiger partial charge on any atom is -0.491 e. The molecule has 1 fully saturated rings. The van der Waals surface area contributed by atoms with Crippen molar-refractivity contribution in [1.82, 2.24) is 4.90 Å². The van der Waals surface area contributed by atoms with Crippen molar-refractivity contribution in [2.75, 3.05) is 33.4 Å². The average Bonchev–Trinajstić information content (AvgIpc) is 2.98. The summed E-state index contributed by atoms with van der Waals surface area (Å²) in [6, 6.07) is 3.41. The first-order valence-electron chi connectivity index (χ1n) is 8.18. The standard InChI is InChI=1S/C18H22ClNO5/c1-3-24-15-12-13(11-14(19)18(15)23-2)6-7-17(22)25-10-9-20-8-4-5-16(20)21/h6-7,11-12H,3-5,8-10H2,1-2H3/b7-6+. The van der Waals surface area contributed by atoms with Gasteiger partial charge in [0.1, 0.15) is 6.61 Å². The Labute approximate surface area is 152 Å². The number of ether oxygens (including phenoxy) is 3. The molecular weight excluding hydrogens is 346 g/mol. The second kappa shape index (κ2) is 9.32. The molecule has 0 spiro atoms. The maximum Gasteiger partial charge on any atom is 0.330 e. The van der Waals surface area contributed by atoms with E-state index in [2.05, 4.69) is 0 Å². The lowest BCUT2D eigenvalue weighted by Gasteiger charge is -2.14. The first-order chi connectivity index (χ1) is 12.0. The monoisotopic (exact) mass is 367 g/mol. The van der Waals surface area contributed by atoms with Crippen molar-refractivity contribution in [3.05, 3.63) is 28.8 Å². The van der Waals surface area contributed by atoms with Crippen LogP contribution in [0.15, 0.2) is 18.2 Å². The molecule has 1 aromatic carbocycles. The summed E-state index contributed by atoms with van der Waals surface area (Å²) >= 11 is 6.16. The largest absolute Gasteiger partial charge is 0.491 e. The van der Waals surface area contributed by atoms with E-state index < -0.39 is 5.97 Å². The number of hydrogen-bond acceptors (Lipinski definition) is 5. The van der Waals surface area contributed by atoms with Gasteiger partial charge in [0, 0.05) is 19.0 Å². The summed E-state index contributed by atoms with van der Waals surface area (Å²) in [5, 5.41) is 0.397. The van der Waals surface area contributed by atoms with Gasteiger partial charge in [0.05, 0.1) is 25.3 Å². The summed E-state index contributed by atoms with van der Waals surface area (Å²) in [4.78, 5) is 25.0. The van der Waals surface area contributed by atoms with E-state index in [0.29, 0.717) is 41.7 Å². The summed E-state index contributed by atoms with van der Waals surface area (Å²) in [6.45, 7) is 3.68. The van der Waals surface area contributed by atoms with Crippen molar-refractivity contribution >= 4 is 29.6 Å². The molecule has 7 heteroatoms. The molecule has 0 N–H and O–H groups in total. The van der Waals surface area contributed by atoms with Crippen molar-refractivity contribution in [3.8, 4) is 11.5 Å². The van der Waals surface area contributed by atoms with Gasteiger partial charge in [-0.3, -0.25) is 4.79 Å².